The minimum atomic E-state index is -3.95. The molecule has 9 heteroatoms. The van der Waals surface area contributed by atoms with Crippen molar-refractivity contribution in [3.05, 3.63) is 89.5 Å². The molecule has 0 heterocycles. The van der Waals surface area contributed by atoms with E-state index in [-0.39, 0.29) is 41.9 Å². The Balaban J connectivity index is 1.93. The highest BCUT2D eigenvalue weighted by Crippen LogP contribution is 2.26. The third-order valence-electron chi connectivity index (χ3n) is 7.61. The van der Waals surface area contributed by atoms with E-state index in [0.717, 1.165) is 18.4 Å². The molecule has 8 nitrogen and oxygen atoms in total. The molecule has 0 fully saturated rings. The zero-order valence-electron chi connectivity index (χ0n) is 26.5. The maximum absolute atomic E-state index is 13.8. The molecule has 3 aromatic rings. The number of aliphatic hydroxyl groups is 1. The summed E-state index contributed by atoms with van der Waals surface area (Å²) >= 11 is 0. The number of hydrogen-bond donors (Lipinski definition) is 2. The Morgan fingerprint density at radius 1 is 0.932 bits per heavy atom. The molecule has 2 N–H and O–H groups in total. The van der Waals surface area contributed by atoms with Crippen molar-refractivity contribution < 1.29 is 27.9 Å². The minimum Gasteiger partial charge on any atom is -0.497 e. The molecule has 0 aromatic heterocycles. The van der Waals surface area contributed by atoms with Crippen LogP contribution in [0.4, 0.5) is 5.69 Å². The van der Waals surface area contributed by atoms with E-state index < -0.39 is 22.0 Å². The number of rotatable bonds is 18. The quantitative estimate of drug-likeness (QED) is 0.161. The molecule has 0 spiro atoms. The Labute approximate surface area is 262 Å². The van der Waals surface area contributed by atoms with Gasteiger partial charge in [-0.3, -0.25) is 9.59 Å². The van der Waals surface area contributed by atoms with E-state index in [1.54, 1.807) is 37.4 Å². The van der Waals surface area contributed by atoms with E-state index in [1.165, 1.54) is 23.5 Å². The normalized spacial score (nSPS) is 13.1. The maximum atomic E-state index is 13.8. The predicted molar refractivity (Wildman–Crippen MR) is 175 cm³/mol. The predicted octanol–water partition coefficient (Wildman–Crippen LogP) is 6.25. The Morgan fingerprint density at radius 2 is 1.57 bits per heavy atom. The van der Waals surface area contributed by atoms with Gasteiger partial charge in [0.25, 0.3) is 0 Å². The van der Waals surface area contributed by atoms with Crippen LogP contribution in [0, 0.1) is 11.8 Å². The van der Waals surface area contributed by atoms with Gasteiger partial charge in [0.2, 0.25) is 10.0 Å². The summed E-state index contributed by atoms with van der Waals surface area (Å²) in [7, 11) is -0.700. The third-order valence-corrected chi connectivity index (χ3v) is 9.46. The van der Waals surface area contributed by atoms with Crippen LogP contribution >= 0.6 is 0 Å². The molecule has 0 saturated heterocycles. The Morgan fingerprint density at radius 3 is 2.14 bits per heavy atom. The fraction of sp³-hybridized carbons (Fsp3) is 0.429. The van der Waals surface area contributed by atoms with Crippen molar-refractivity contribution in [1.29, 1.82) is 0 Å². The highest BCUT2D eigenvalue weighted by atomic mass is 32.2. The molecule has 3 aromatic carbocycles. The number of sulfonamides is 1. The van der Waals surface area contributed by atoms with Gasteiger partial charge in [0, 0.05) is 49.8 Å². The van der Waals surface area contributed by atoms with Crippen LogP contribution in [0.1, 0.15) is 72.7 Å². The molecule has 3 rings (SSSR count). The number of carbonyl (C=O) groups is 2. The SMILES string of the molecule is CCCCC(=O)c1cc(NC)cc(C(=O)C[C@@H](Cc2ccccc2)[C@H](O)CN(CC(C)C)S(=O)(=O)c2ccc(OC)cc2)c1. The monoisotopic (exact) mass is 622 g/mol. The standard InChI is InChI=1S/C35H46N2O6S/c1-6-7-13-33(38)28-19-29(21-30(20-28)36-4)34(39)22-27(18-26-11-9-8-10-12-26)35(40)24-37(23-25(2)3)44(41,42)32-16-14-31(43-5)15-17-32/h8-12,14-17,19-21,25,27,35-36,40H,6-7,13,18,22-24H2,1-5H3/t27-,35-/m1/s1. The van der Waals surface area contributed by atoms with Gasteiger partial charge < -0.3 is 15.2 Å². The van der Waals surface area contributed by atoms with Gasteiger partial charge in [0.15, 0.2) is 11.6 Å². The molecule has 44 heavy (non-hydrogen) atoms. The van der Waals surface area contributed by atoms with Crippen LogP contribution in [-0.2, 0) is 16.4 Å². The lowest BCUT2D eigenvalue weighted by molar-refractivity contribution is 0.0689. The number of Topliss-reactive ketones (excluding diaryl/α,β-unsaturated/α-hetero) is 2. The first-order valence-corrected chi connectivity index (χ1v) is 16.7. The third kappa shape index (κ3) is 9.74. The number of benzene rings is 3. The van der Waals surface area contributed by atoms with Gasteiger partial charge in [-0.2, -0.15) is 4.31 Å². The van der Waals surface area contributed by atoms with Gasteiger partial charge in [0.1, 0.15) is 5.75 Å². The first-order valence-electron chi connectivity index (χ1n) is 15.2. The van der Waals surface area contributed by atoms with Gasteiger partial charge in [0.05, 0.1) is 18.1 Å². The van der Waals surface area contributed by atoms with Gasteiger partial charge in [-0.1, -0.05) is 57.5 Å². The second kappa shape index (κ2) is 16.5. The maximum Gasteiger partial charge on any atom is 0.243 e. The number of aliphatic hydroxyl groups excluding tert-OH is 1. The van der Waals surface area contributed by atoms with E-state index in [1.807, 2.05) is 51.1 Å². The summed E-state index contributed by atoms with van der Waals surface area (Å²) in [5, 5.41) is 14.7. The number of nitrogens with one attached hydrogen (secondary N) is 1. The highest BCUT2D eigenvalue weighted by molar-refractivity contribution is 7.89. The number of methoxy groups -OCH3 is 1. The van der Waals surface area contributed by atoms with Gasteiger partial charge in [-0.25, -0.2) is 8.42 Å². The molecule has 238 valence electrons. The summed E-state index contributed by atoms with van der Waals surface area (Å²) in [6.45, 7) is 5.89. The van der Waals surface area contributed by atoms with Crippen LogP contribution in [0.3, 0.4) is 0 Å². The number of nitrogens with zero attached hydrogens (tertiary/aromatic N) is 1. The molecule has 0 bridgehead atoms. The molecule has 0 unspecified atom stereocenters. The molecule has 0 aliphatic carbocycles. The molecule has 0 amide bonds. The van der Waals surface area contributed by atoms with Gasteiger partial charge >= 0.3 is 0 Å². The second-order valence-corrected chi connectivity index (χ2v) is 13.5. The van der Waals surface area contributed by atoms with Gasteiger partial charge in [-0.15, -0.1) is 0 Å². The zero-order chi connectivity index (χ0) is 32.3. The first-order chi connectivity index (χ1) is 21.0. The van der Waals surface area contributed by atoms with E-state index in [0.29, 0.717) is 35.4 Å². The van der Waals surface area contributed by atoms with Crippen molar-refractivity contribution in [3.8, 4) is 5.75 Å². The summed E-state index contributed by atoms with van der Waals surface area (Å²) in [6.07, 6.45) is 1.28. The van der Waals surface area contributed by atoms with Crippen molar-refractivity contribution in [2.24, 2.45) is 11.8 Å². The van der Waals surface area contributed by atoms with E-state index >= 15 is 0 Å². The van der Waals surface area contributed by atoms with Crippen molar-refractivity contribution >= 4 is 27.3 Å². The number of ether oxygens (including phenoxy) is 1. The molecular weight excluding hydrogens is 576 g/mol. The van der Waals surface area contributed by atoms with Gasteiger partial charge in [-0.05, 0) is 72.7 Å². The lowest BCUT2D eigenvalue weighted by Crippen LogP contribution is -2.43. The Bertz CT molecular complexity index is 1470. The lowest BCUT2D eigenvalue weighted by atomic mass is 9.87. The molecule has 0 radical (unpaired) electrons. The Kier molecular flexibility index (Phi) is 13.1. The van der Waals surface area contributed by atoms with E-state index in [4.69, 9.17) is 4.74 Å². The molecule has 0 aliphatic rings. The Hall–Kier alpha value is -3.53. The lowest BCUT2D eigenvalue weighted by Gasteiger charge is -2.30. The number of ketones is 2. The number of unbranched alkanes of at least 4 members (excludes halogenated alkanes) is 1. The molecule has 2 atom stereocenters. The largest absolute Gasteiger partial charge is 0.497 e. The fourth-order valence-corrected chi connectivity index (χ4v) is 6.75. The van der Waals surface area contributed by atoms with Crippen LogP contribution < -0.4 is 10.1 Å². The highest BCUT2D eigenvalue weighted by Gasteiger charge is 2.32. The topological polar surface area (TPSA) is 113 Å². The summed E-state index contributed by atoms with van der Waals surface area (Å²) in [6, 6.07) is 20.8. The first kappa shape index (κ1) is 35.0. The molecular formula is C35H46N2O6S. The van der Waals surface area contributed by atoms with Crippen LogP contribution in [-0.4, -0.2) is 62.7 Å². The summed E-state index contributed by atoms with van der Waals surface area (Å²) in [5.41, 5.74) is 2.44. The van der Waals surface area contributed by atoms with E-state index in [9.17, 15) is 23.1 Å². The molecule has 0 saturated carbocycles. The summed E-state index contributed by atoms with van der Waals surface area (Å²) in [4.78, 5) is 26.7. The smallest absolute Gasteiger partial charge is 0.243 e. The van der Waals surface area contributed by atoms with Crippen LogP contribution in [0.15, 0.2) is 77.7 Å². The second-order valence-electron chi connectivity index (χ2n) is 11.6. The fourth-order valence-electron chi connectivity index (χ4n) is 5.13. The average molecular weight is 623 g/mol. The number of hydrogen-bond acceptors (Lipinski definition) is 7. The van der Waals surface area contributed by atoms with Crippen molar-refractivity contribution in [3.63, 3.8) is 0 Å². The van der Waals surface area contributed by atoms with Crippen LogP contribution in [0.5, 0.6) is 5.75 Å². The number of anilines is 1. The summed E-state index contributed by atoms with van der Waals surface area (Å²) < 4.78 is 34.0. The summed E-state index contributed by atoms with van der Waals surface area (Å²) in [5.74, 6) is -0.286. The van der Waals surface area contributed by atoms with Crippen LogP contribution in [0.2, 0.25) is 0 Å². The average Bonchev–Trinajstić information content (AvgIpc) is 3.02. The van der Waals surface area contributed by atoms with Crippen molar-refractivity contribution in [2.45, 2.75) is 63.9 Å². The van der Waals surface area contributed by atoms with Crippen molar-refractivity contribution in [2.75, 3.05) is 32.6 Å². The minimum absolute atomic E-state index is 0.00243. The number of carbonyl (C=O) groups excluding carboxylic acids is 2. The van der Waals surface area contributed by atoms with E-state index in [2.05, 4.69) is 5.32 Å². The van der Waals surface area contributed by atoms with Crippen molar-refractivity contribution in [1.82, 2.24) is 4.31 Å². The molecule has 0 aliphatic heterocycles. The zero-order valence-corrected chi connectivity index (χ0v) is 27.3. The van der Waals surface area contributed by atoms with Crippen LogP contribution in [0.25, 0.3) is 0 Å².